The maximum Gasteiger partial charge on any atom is 0.416 e. The summed E-state index contributed by atoms with van der Waals surface area (Å²) in [5.41, 5.74) is 1.05. The molecular formula is C26H34ClF3N2O2. The second-order valence-corrected chi connectivity index (χ2v) is 10.5. The van der Waals surface area contributed by atoms with Crippen LogP contribution in [-0.4, -0.2) is 34.6 Å². The van der Waals surface area contributed by atoms with Gasteiger partial charge < -0.3 is 15.3 Å². The van der Waals surface area contributed by atoms with E-state index in [1.807, 2.05) is 6.92 Å². The van der Waals surface area contributed by atoms with Crippen molar-refractivity contribution >= 4 is 17.5 Å². The van der Waals surface area contributed by atoms with E-state index in [4.69, 9.17) is 11.6 Å². The van der Waals surface area contributed by atoms with Crippen molar-refractivity contribution in [2.24, 2.45) is 5.92 Å². The molecule has 1 aromatic rings. The highest BCUT2D eigenvalue weighted by atomic mass is 35.5. The number of amides is 1. The number of carbonyl (C=O) groups excluding carboxylic acids is 1. The van der Waals surface area contributed by atoms with Crippen molar-refractivity contribution in [2.75, 3.05) is 6.54 Å². The van der Waals surface area contributed by atoms with Crippen molar-refractivity contribution in [3.8, 4) is 0 Å². The van der Waals surface area contributed by atoms with Gasteiger partial charge in [-0.3, -0.25) is 4.79 Å². The maximum absolute atomic E-state index is 13.5. The smallest absolute Gasteiger partial charge is 0.391 e. The quantitative estimate of drug-likeness (QED) is 0.495. The summed E-state index contributed by atoms with van der Waals surface area (Å²) >= 11 is 6.44. The number of allylic oxidation sites excluding steroid dienone is 1. The molecule has 3 aliphatic rings. The molecule has 1 unspecified atom stereocenters. The van der Waals surface area contributed by atoms with E-state index >= 15 is 0 Å². The molecule has 2 saturated carbocycles. The molecule has 8 heteroatoms. The largest absolute Gasteiger partial charge is 0.416 e. The lowest BCUT2D eigenvalue weighted by Crippen LogP contribution is -2.45. The molecule has 34 heavy (non-hydrogen) atoms. The monoisotopic (exact) mass is 498 g/mol. The van der Waals surface area contributed by atoms with Crippen LogP contribution in [-0.2, 0) is 11.0 Å². The van der Waals surface area contributed by atoms with Gasteiger partial charge in [-0.05, 0) is 62.3 Å². The third kappa shape index (κ3) is 5.56. The van der Waals surface area contributed by atoms with Crippen LogP contribution in [0.4, 0.5) is 13.2 Å². The Balaban J connectivity index is 1.63. The van der Waals surface area contributed by atoms with Gasteiger partial charge in [0.2, 0.25) is 5.91 Å². The minimum Gasteiger partial charge on any atom is -0.391 e. The van der Waals surface area contributed by atoms with Crippen molar-refractivity contribution in [3.63, 3.8) is 0 Å². The first-order valence-corrected chi connectivity index (χ1v) is 12.8. The van der Waals surface area contributed by atoms with Crippen LogP contribution in [0.3, 0.4) is 0 Å². The number of aliphatic hydroxyl groups excluding tert-OH is 1. The maximum atomic E-state index is 13.5. The molecule has 188 valence electrons. The second-order valence-electron chi connectivity index (χ2n) is 10.1. The first-order chi connectivity index (χ1) is 16.1. The van der Waals surface area contributed by atoms with Gasteiger partial charge in [-0.15, -0.1) is 0 Å². The summed E-state index contributed by atoms with van der Waals surface area (Å²) in [6, 6.07) is 2.74. The van der Waals surface area contributed by atoms with E-state index in [9.17, 15) is 23.1 Å². The fraction of sp³-hybridized carbons (Fsp3) is 0.654. The van der Waals surface area contributed by atoms with Gasteiger partial charge in [0.1, 0.15) is 0 Å². The first-order valence-electron chi connectivity index (χ1n) is 12.5. The predicted octanol–water partition coefficient (Wildman–Crippen LogP) is 6.38. The van der Waals surface area contributed by atoms with E-state index < -0.39 is 23.9 Å². The standard InChI is InChI=1S/C26H34ClF3N2O2/c1-16-19(25(34)31-22-9-5-6-10-24(22)33)14-23(32(16)15-17-7-3-2-4-8-17)20-13-18(26(28,29)30)11-12-21(20)27/h11-13,17,22-24,33H,2-10,14-15H2,1H3,(H,31,34)/t22-,23?,24-/m1/s1. The highest BCUT2D eigenvalue weighted by molar-refractivity contribution is 6.31. The Bertz CT molecular complexity index is 927. The van der Waals surface area contributed by atoms with Gasteiger partial charge in [0, 0.05) is 29.3 Å². The lowest BCUT2D eigenvalue weighted by Gasteiger charge is -2.34. The molecule has 2 N–H and O–H groups in total. The summed E-state index contributed by atoms with van der Waals surface area (Å²) in [6.45, 7) is 2.59. The molecule has 1 aromatic carbocycles. The average molecular weight is 499 g/mol. The van der Waals surface area contributed by atoms with Crippen molar-refractivity contribution in [1.82, 2.24) is 10.2 Å². The number of carbonyl (C=O) groups is 1. The highest BCUT2D eigenvalue weighted by Crippen LogP contribution is 2.44. The van der Waals surface area contributed by atoms with E-state index in [1.165, 1.54) is 12.5 Å². The van der Waals surface area contributed by atoms with Crippen molar-refractivity contribution in [3.05, 3.63) is 45.6 Å². The zero-order chi connectivity index (χ0) is 24.5. The van der Waals surface area contributed by atoms with Crippen LogP contribution >= 0.6 is 11.6 Å². The average Bonchev–Trinajstić information content (AvgIpc) is 3.11. The summed E-state index contributed by atoms with van der Waals surface area (Å²) in [4.78, 5) is 15.4. The number of alkyl halides is 3. The number of rotatable bonds is 5. The van der Waals surface area contributed by atoms with Crippen molar-refractivity contribution in [1.29, 1.82) is 0 Å². The number of hydrogen-bond acceptors (Lipinski definition) is 3. The summed E-state index contributed by atoms with van der Waals surface area (Å²) in [7, 11) is 0. The summed E-state index contributed by atoms with van der Waals surface area (Å²) in [5.74, 6) is 0.209. The molecule has 2 aliphatic carbocycles. The second kappa shape index (κ2) is 10.5. The van der Waals surface area contributed by atoms with Gasteiger partial charge in [0.05, 0.1) is 23.8 Å². The first kappa shape index (κ1) is 25.4. The number of hydrogen-bond donors (Lipinski definition) is 2. The van der Waals surface area contributed by atoms with E-state index in [1.54, 1.807) is 0 Å². The third-order valence-corrected chi connectivity index (χ3v) is 8.17. The van der Waals surface area contributed by atoms with E-state index in [-0.39, 0.29) is 17.0 Å². The molecule has 0 radical (unpaired) electrons. The Hall–Kier alpha value is -1.73. The molecule has 1 amide bonds. The Morgan fingerprint density at radius 1 is 1.12 bits per heavy atom. The van der Waals surface area contributed by atoms with Gasteiger partial charge in [-0.25, -0.2) is 0 Å². The number of aliphatic hydroxyl groups is 1. The molecule has 0 bridgehead atoms. The number of nitrogens with zero attached hydrogens (tertiary/aromatic N) is 1. The summed E-state index contributed by atoms with van der Waals surface area (Å²) < 4.78 is 40.4. The minimum absolute atomic E-state index is 0.234. The highest BCUT2D eigenvalue weighted by Gasteiger charge is 2.39. The number of nitrogens with one attached hydrogen (secondary N) is 1. The topological polar surface area (TPSA) is 52.6 Å². The molecule has 4 rings (SSSR count). The van der Waals surface area contributed by atoms with Crippen LogP contribution in [0.15, 0.2) is 29.5 Å². The zero-order valence-corrected chi connectivity index (χ0v) is 20.4. The molecule has 4 nitrogen and oxygen atoms in total. The van der Waals surface area contributed by atoms with E-state index in [0.717, 1.165) is 62.8 Å². The Labute approximate surface area is 204 Å². The number of halogens is 4. The fourth-order valence-corrected chi connectivity index (χ4v) is 6.06. The normalized spacial score (nSPS) is 26.8. The van der Waals surface area contributed by atoms with Crippen molar-refractivity contribution < 1.29 is 23.1 Å². The SMILES string of the molecule is CC1=C(C(=O)N[C@@H]2CCCC[C@H]2O)CC(c2cc(C(F)(F)F)ccc2Cl)N1CC1CCCCC1. The van der Waals surface area contributed by atoms with Crippen molar-refractivity contribution in [2.45, 2.75) is 95.5 Å². The molecule has 3 atom stereocenters. The Kier molecular flexibility index (Phi) is 7.82. The fourth-order valence-electron chi connectivity index (χ4n) is 5.82. The summed E-state index contributed by atoms with van der Waals surface area (Å²) in [6.07, 6.45) is 4.26. The molecule has 0 aromatic heterocycles. The van der Waals surface area contributed by atoms with Crippen LogP contribution < -0.4 is 5.32 Å². The van der Waals surface area contributed by atoms with Crippen LogP contribution in [0, 0.1) is 5.92 Å². The van der Waals surface area contributed by atoms with Crippen LogP contribution in [0.25, 0.3) is 0 Å². The van der Waals surface area contributed by atoms with Crippen LogP contribution in [0.1, 0.15) is 88.3 Å². The number of benzene rings is 1. The summed E-state index contributed by atoms with van der Waals surface area (Å²) in [5, 5.41) is 13.6. The van der Waals surface area contributed by atoms with Gasteiger partial charge in [0.25, 0.3) is 0 Å². The Morgan fingerprint density at radius 3 is 2.47 bits per heavy atom. The molecule has 1 aliphatic heterocycles. The van der Waals surface area contributed by atoms with E-state index in [2.05, 4.69) is 10.2 Å². The van der Waals surface area contributed by atoms with Gasteiger partial charge in [0.15, 0.2) is 0 Å². The van der Waals surface area contributed by atoms with Crippen LogP contribution in [0.5, 0.6) is 0 Å². The molecular weight excluding hydrogens is 465 g/mol. The molecule has 0 saturated heterocycles. The van der Waals surface area contributed by atoms with Gasteiger partial charge in [-0.2, -0.15) is 13.2 Å². The lowest BCUT2D eigenvalue weighted by atomic mass is 9.88. The third-order valence-electron chi connectivity index (χ3n) is 7.82. The zero-order valence-electron chi connectivity index (χ0n) is 19.6. The lowest BCUT2D eigenvalue weighted by molar-refractivity contribution is -0.137. The van der Waals surface area contributed by atoms with Gasteiger partial charge in [-0.1, -0.05) is 43.7 Å². The minimum atomic E-state index is -4.47. The molecule has 1 heterocycles. The van der Waals surface area contributed by atoms with Gasteiger partial charge >= 0.3 is 6.18 Å². The van der Waals surface area contributed by atoms with Crippen LogP contribution in [0.2, 0.25) is 5.02 Å². The molecule has 2 fully saturated rings. The molecule has 0 spiro atoms. The predicted molar refractivity (Wildman–Crippen MR) is 126 cm³/mol. The Morgan fingerprint density at radius 2 is 1.79 bits per heavy atom. The van der Waals surface area contributed by atoms with E-state index in [0.29, 0.717) is 36.4 Å².